The Hall–Kier alpha value is -3.42. The summed E-state index contributed by atoms with van der Waals surface area (Å²) < 4.78 is 21.9. The van der Waals surface area contributed by atoms with E-state index < -0.39 is 5.97 Å². The second-order valence-corrected chi connectivity index (χ2v) is 7.49. The van der Waals surface area contributed by atoms with Gasteiger partial charge in [-0.25, -0.2) is 4.79 Å². The highest BCUT2D eigenvalue weighted by Crippen LogP contribution is 2.46. The first-order valence-corrected chi connectivity index (χ1v) is 11.0. The van der Waals surface area contributed by atoms with Gasteiger partial charge in [0.15, 0.2) is 23.0 Å². The van der Waals surface area contributed by atoms with Crippen LogP contribution in [0.25, 0.3) is 11.1 Å². The summed E-state index contributed by atoms with van der Waals surface area (Å²) in [4.78, 5) is 24.6. The van der Waals surface area contributed by atoms with Crippen molar-refractivity contribution in [3.8, 4) is 34.1 Å². The molecule has 180 valence electrons. The molecule has 0 spiro atoms. The number of hydrogen-bond donors (Lipinski definition) is 2. The van der Waals surface area contributed by atoms with Crippen molar-refractivity contribution in [1.82, 2.24) is 5.32 Å². The summed E-state index contributed by atoms with van der Waals surface area (Å²) in [6.45, 7) is 2.73. The van der Waals surface area contributed by atoms with E-state index >= 15 is 0 Å². The number of ether oxygens (including phenoxy) is 4. The van der Waals surface area contributed by atoms with Crippen LogP contribution in [0.4, 0.5) is 0 Å². The van der Waals surface area contributed by atoms with Crippen LogP contribution in [0.5, 0.6) is 23.0 Å². The van der Waals surface area contributed by atoms with Crippen LogP contribution < -0.4 is 24.3 Å². The Morgan fingerprint density at radius 2 is 1.27 bits per heavy atom. The average Bonchev–Trinajstić information content (AvgIpc) is 2.83. The van der Waals surface area contributed by atoms with E-state index in [2.05, 4.69) is 12.2 Å². The molecule has 0 aliphatic carbocycles. The minimum absolute atomic E-state index is 0.00519. The van der Waals surface area contributed by atoms with Crippen LogP contribution in [-0.4, -0.2) is 52.0 Å². The Balaban J connectivity index is 2.52. The molecule has 1 amide bonds. The smallest absolute Gasteiger partial charge is 0.335 e. The van der Waals surface area contributed by atoms with Gasteiger partial charge in [-0.3, -0.25) is 4.79 Å². The fourth-order valence-corrected chi connectivity index (χ4v) is 3.62. The van der Waals surface area contributed by atoms with E-state index in [9.17, 15) is 14.7 Å². The molecule has 8 nitrogen and oxygen atoms in total. The number of carboxylic acid groups (broad SMARTS) is 1. The van der Waals surface area contributed by atoms with E-state index in [-0.39, 0.29) is 17.2 Å². The van der Waals surface area contributed by atoms with E-state index in [1.54, 1.807) is 12.1 Å². The van der Waals surface area contributed by atoms with E-state index in [4.69, 9.17) is 18.9 Å². The summed E-state index contributed by atoms with van der Waals surface area (Å²) in [5.74, 6) is -0.138. The molecule has 0 aromatic heterocycles. The van der Waals surface area contributed by atoms with E-state index in [1.165, 1.54) is 47.0 Å². The van der Waals surface area contributed by atoms with Gasteiger partial charge in [-0.05, 0) is 30.7 Å². The largest absolute Gasteiger partial charge is 0.493 e. The fraction of sp³-hybridized carbons (Fsp3) is 0.440. The highest BCUT2D eigenvalue weighted by molar-refractivity contribution is 5.98. The van der Waals surface area contributed by atoms with Gasteiger partial charge >= 0.3 is 5.97 Å². The summed E-state index contributed by atoms with van der Waals surface area (Å²) >= 11 is 0. The Labute approximate surface area is 194 Å². The Kier molecular flexibility index (Phi) is 9.84. The summed E-state index contributed by atoms with van der Waals surface area (Å²) in [7, 11) is 5.83. The molecule has 0 aliphatic rings. The molecule has 2 N–H and O–H groups in total. The molecule has 0 fully saturated rings. The molecular formula is C25H33NO7. The van der Waals surface area contributed by atoms with Crippen molar-refractivity contribution in [2.75, 3.05) is 35.0 Å². The zero-order chi connectivity index (χ0) is 24.4. The van der Waals surface area contributed by atoms with Gasteiger partial charge in [0.1, 0.15) is 0 Å². The predicted octanol–water partition coefficient (Wildman–Crippen LogP) is 4.79. The van der Waals surface area contributed by atoms with Gasteiger partial charge in [-0.2, -0.15) is 0 Å². The van der Waals surface area contributed by atoms with Gasteiger partial charge in [0.25, 0.3) is 5.91 Å². The van der Waals surface area contributed by atoms with Crippen LogP contribution in [-0.2, 0) is 0 Å². The summed E-state index contributed by atoms with van der Waals surface area (Å²) in [5.41, 5.74) is 1.21. The topological polar surface area (TPSA) is 103 Å². The van der Waals surface area contributed by atoms with Gasteiger partial charge in [0.2, 0.25) is 0 Å². The van der Waals surface area contributed by atoms with Crippen LogP contribution in [0.3, 0.4) is 0 Å². The maximum atomic E-state index is 12.9. The second kappa shape index (κ2) is 12.6. The molecule has 2 rings (SSSR count). The van der Waals surface area contributed by atoms with Gasteiger partial charge < -0.3 is 29.4 Å². The number of amides is 1. The van der Waals surface area contributed by atoms with Crippen molar-refractivity contribution in [3.63, 3.8) is 0 Å². The standard InChI is InChI=1S/C25H33NO7/c1-6-7-8-9-10-11-26-24(27)16-12-18(22(32-4)20(14-16)30-2)19-13-17(25(28)29)15-21(31-3)23(19)33-5/h12-15H,6-11H2,1-5H3,(H,26,27)(H,28,29). The third-order valence-electron chi connectivity index (χ3n) is 5.32. The van der Waals surface area contributed by atoms with E-state index in [0.717, 1.165) is 25.7 Å². The number of rotatable bonds is 13. The highest BCUT2D eigenvalue weighted by atomic mass is 16.5. The zero-order valence-electron chi connectivity index (χ0n) is 19.9. The third kappa shape index (κ3) is 6.31. The molecule has 0 atom stereocenters. The minimum Gasteiger partial charge on any atom is -0.493 e. The van der Waals surface area contributed by atoms with Crippen LogP contribution in [0.1, 0.15) is 59.7 Å². The summed E-state index contributed by atoms with van der Waals surface area (Å²) in [5, 5.41) is 12.5. The van der Waals surface area contributed by atoms with Crippen molar-refractivity contribution in [2.24, 2.45) is 0 Å². The first-order valence-electron chi connectivity index (χ1n) is 11.0. The first kappa shape index (κ1) is 25.8. The lowest BCUT2D eigenvalue weighted by Gasteiger charge is -2.19. The van der Waals surface area contributed by atoms with Crippen molar-refractivity contribution >= 4 is 11.9 Å². The number of carboxylic acids is 1. The van der Waals surface area contributed by atoms with Crippen molar-refractivity contribution < 1.29 is 33.6 Å². The summed E-state index contributed by atoms with van der Waals surface area (Å²) in [6.07, 6.45) is 5.46. The maximum Gasteiger partial charge on any atom is 0.335 e. The lowest BCUT2D eigenvalue weighted by molar-refractivity contribution is 0.0696. The van der Waals surface area contributed by atoms with Gasteiger partial charge in [-0.15, -0.1) is 0 Å². The number of nitrogens with one attached hydrogen (secondary N) is 1. The number of aromatic carboxylic acids is 1. The van der Waals surface area contributed by atoms with Crippen LogP contribution in [0.2, 0.25) is 0 Å². The lowest BCUT2D eigenvalue weighted by Crippen LogP contribution is -2.24. The van der Waals surface area contributed by atoms with Gasteiger partial charge in [-0.1, -0.05) is 32.6 Å². The molecule has 0 radical (unpaired) electrons. The number of benzene rings is 2. The summed E-state index contributed by atoms with van der Waals surface area (Å²) in [6, 6.07) is 6.07. The molecule has 0 saturated carbocycles. The van der Waals surface area contributed by atoms with Crippen LogP contribution in [0.15, 0.2) is 24.3 Å². The molecule has 0 heterocycles. The van der Waals surface area contributed by atoms with Crippen molar-refractivity contribution in [2.45, 2.75) is 39.0 Å². The molecule has 2 aromatic carbocycles. The molecule has 8 heteroatoms. The van der Waals surface area contributed by atoms with Crippen molar-refractivity contribution in [1.29, 1.82) is 0 Å². The Morgan fingerprint density at radius 3 is 1.76 bits per heavy atom. The number of carbonyl (C=O) groups is 2. The number of carbonyl (C=O) groups excluding carboxylic acids is 1. The van der Waals surface area contributed by atoms with E-state index in [1.807, 2.05) is 0 Å². The normalized spacial score (nSPS) is 10.5. The maximum absolute atomic E-state index is 12.9. The Morgan fingerprint density at radius 1 is 0.758 bits per heavy atom. The lowest BCUT2D eigenvalue weighted by atomic mass is 9.97. The van der Waals surface area contributed by atoms with Gasteiger partial charge in [0.05, 0.1) is 34.0 Å². The van der Waals surface area contributed by atoms with Crippen LogP contribution >= 0.6 is 0 Å². The second-order valence-electron chi connectivity index (χ2n) is 7.49. The Bertz CT molecular complexity index is 972. The quantitative estimate of drug-likeness (QED) is 0.415. The SMILES string of the molecule is CCCCCCCNC(=O)c1cc(OC)c(OC)c(-c2cc(C(=O)O)cc(OC)c2OC)c1. The number of hydrogen-bond acceptors (Lipinski definition) is 6. The zero-order valence-corrected chi connectivity index (χ0v) is 19.9. The first-order chi connectivity index (χ1) is 15.9. The minimum atomic E-state index is -1.12. The highest BCUT2D eigenvalue weighted by Gasteiger charge is 2.23. The average molecular weight is 460 g/mol. The van der Waals surface area contributed by atoms with Crippen molar-refractivity contribution in [3.05, 3.63) is 35.4 Å². The molecule has 0 saturated heterocycles. The molecule has 0 unspecified atom stereocenters. The van der Waals surface area contributed by atoms with Crippen LogP contribution in [0, 0.1) is 0 Å². The third-order valence-corrected chi connectivity index (χ3v) is 5.32. The predicted molar refractivity (Wildman–Crippen MR) is 126 cm³/mol. The molecule has 0 aliphatic heterocycles. The number of unbranched alkanes of at least 4 members (excludes halogenated alkanes) is 4. The van der Waals surface area contributed by atoms with Gasteiger partial charge in [0, 0.05) is 23.2 Å². The molecule has 33 heavy (non-hydrogen) atoms. The number of methoxy groups -OCH3 is 4. The monoisotopic (exact) mass is 459 g/mol. The van der Waals surface area contributed by atoms with E-state index in [0.29, 0.717) is 40.5 Å². The molecular weight excluding hydrogens is 426 g/mol. The molecule has 2 aromatic rings. The molecule has 0 bridgehead atoms. The fourth-order valence-electron chi connectivity index (χ4n) is 3.62.